The fourth-order valence-electron chi connectivity index (χ4n) is 2.84. The van der Waals surface area contributed by atoms with Gasteiger partial charge >= 0.3 is 12.0 Å². The Balaban J connectivity index is 1.98. The van der Waals surface area contributed by atoms with E-state index in [1.54, 1.807) is 12.1 Å². The average Bonchev–Trinajstić information content (AvgIpc) is 2.96. The van der Waals surface area contributed by atoms with Crippen LogP contribution in [0.15, 0.2) is 35.2 Å². The number of urea groups is 1. The summed E-state index contributed by atoms with van der Waals surface area (Å²) in [7, 11) is -3.53. The Labute approximate surface area is 169 Å². The first-order valence-corrected chi connectivity index (χ1v) is 10.7. The van der Waals surface area contributed by atoms with Crippen molar-refractivity contribution in [3.8, 4) is 0 Å². The second-order valence-corrected chi connectivity index (χ2v) is 8.59. The van der Waals surface area contributed by atoms with Crippen LogP contribution >= 0.6 is 0 Å². The highest BCUT2D eigenvalue weighted by Crippen LogP contribution is 2.21. The molecule has 0 aromatic heterocycles. The van der Waals surface area contributed by atoms with E-state index in [-0.39, 0.29) is 4.90 Å². The number of carbonyl (C=O) groups is 3. The lowest BCUT2D eigenvalue weighted by molar-refractivity contribution is -0.149. The van der Waals surface area contributed by atoms with Crippen LogP contribution in [0.5, 0.6) is 0 Å². The van der Waals surface area contributed by atoms with Crippen molar-refractivity contribution in [1.29, 1.82) is 0 Å². The SMILES string of the molecule is CC(OC(=O)C=Cc1ccc(S(=O)(=O)N2CCCCCC2)cc1)C(=O)NC(N)=O. The van der Waals surface area contributed by atoms with E-state index in [1.165, 1.54) is 29.4 Å². The van der Waals surface area contributed by atoms with Gasteiger partial charge in [-0.25, -0.2) is 18.0 Å². The Morgan fingerprint density at radius 1 is 1.10 bits per heavy atom. The van der Waals surface area contributed by atoms with E-state index < -0.39 is 34.0 Å². The van der Waals surface area contributed by atoms with Crippen LogP contribution in [-0.4, -0.2) is 49.8 Å². The van der Waals surface area contributed by atoms with E-state index in [0.717, 1.165) is 31.8 Å². The van der Waals surface area contributed by atoms with Crippen molar-refractivity contribution >= 4 is 34.0 Å². The van der Waals surface area contributed by atoms with Crippen LogP contribution in [0.1, 0.15) is 38.2 Å². The predicted molar refractivity (Wildman–Crippen MR) is 106 cm³/mol. The lowest BCUT2D eigenvalue weighted by Crippen LogP contribution is -2.42. The molecular weight excluding hydrogens is 398 g/mol. The molecule has 1 saturated heterocycles. The van der Waals surface area contributed by atoms with Gasteiger partial charge < -0.3 is 10.5 Å². The van der Waals surface area contributed by atoms with Gasteiger partial charge in [-0.2, -0.15) is 4.31 Å². The number of hydrogen-bond donors (Lipinski definition) is 2. The van der Waals surface area contributed by atoms with Crippen LogP contribution in [0.4, 0.5) is 4.79 Å². The van der Waals surface area contributed by atoms with E-state index in [4.69, 9.17) is 10.5 Å². The van der Waals surface area contributed by atoms with Crippen molar-refractivity contribution in [2.75, 3.05) is 13.1 Å². The van der Waals surface area contributed by atoms with Crippen LogP contribution in [-0.2, 0) is 24.3 Å². The molecule has 1 heterocycles. The van der Waals surface area contributed by atoms with Gasteiger partial charge in [-0.1, -0.05) is 25.0 Å². The molecule has 10 heteroatoms. The van der Waals surface area contributed by atoms with E-state index in [9.17, 15) is 22.8 Å². The molecule has 0 bridgehead atoms. The number of ether oxygens (including phenoxy) is 1. The average molecular weight is 423 g/mol. The number of imide groups is 1. The number of benzene rings is 1. The standard InChI is InChI=1S/C19H25N3O6S/c1-14(18(24)21-19(20)25)28-17(23)11-8-15-6-9-16(10-7-15)29(26,27)22-12-4-2-3-5-13-22/h6-11,14H,2-5,12-13H2,1H3,(H3,20,21,24,25). The highest BCUT2D eigenvalue weighted by Gasteiger charge is 2.24. The predicted octanol–water partition coefficient (Wildman–Crippen LogP) is 1.39. The molecule has 3 N–H and O–H groups in total. The molecule has 0 radical (unpaired) electrons. The van der Waals surface area contributed by atoms with E-state index in [2.05, 4.69) is 0 Å². The lowest BCUT2D eigenvalue weighted by atomic mass is 10.2. The molecule has 29 heavy (non-hydrogen) atoms. The van der Waals surface area contributed by atoms with Crippen molar-refractivity contribution < 1.29 is 27.5 Å². The first kappa shape index (κ1) is 22.6. The first-order chi connectivity index (χ1) is 13.7. The monoisotopic (exact) mass is 423 g/mol. The molecule has 1 fully saturated rings. The largest absolute Gasteiger partial charge is 0.449 e. The number of primary amides is 1. The summed E-state index contributed by atoms with van der Waals surface area (Å²) in [5, 5.41) is 1.81. The van der Waals surface area contributed by atoms with Gasteiger partial charge in [-0.3, -0.25) is 10.1 Å². The molecule has 0 saturated carbocycles. The Kier molecular flexibility index (Phi) is 7.91. The number of nitrogens with zero attached hydrogens (tertiary/aromatic N) is 1. The molecule has 1 aromatic carbocycles. The second-order valence-electron chi connectivity index (χ2n) is 6.65. The number of amides is 3. The Morgan fingerprint density at radius 2 is 1.69 bits per heavy atom. The van der Waals surface area contributed by atoms with Gasteiger partial charge in [0.15, 0.2) is 6.10 Å². The van der Waals surface area contributed by atoms with Gasteiger partial charge in [0.1, 0.15) is 0 Å². The second kappa shape index (κ2) is 10.2. The highest BCUT2D eigenvalue weighted by molar-refractivity contribution is 7.89. The van der Waals surface area contributed by atoms with Gasteiger partial charge in [0, 0.05) is 19.2 Å². The molecule has 9 nitrogen and oxygen atoms in total. The number of rotatable bonds is 6. The molecule has 0 aliphatic carbocycles. The molecular formula is C19H25N3O6S. The Hall–Kier alpha value is -2.72. The van der Waals surface area contributed by atoms with Crippen molar-refractivity contribution in [3.63, 3.8) is 0 Å². The van der Waals surface area contributed by atoms with Crippen LogP contribution in [0.25, 0.3) is 6.08 Å². The molecule has 1 aliphatic heterocycles. The molecule has 1 aliphatic rings. The summed E-state index contributed by atoms with van der Waals surface area (Å²) >= 11 is 0. The minimum Gasteiger partial charge on any atom is -0.449 e. The van der Waals surface area contributed by atoms with Crippen LogP contribution in [0, 0.1) is 0 Å². The lowest BCUT2D eigenvalue weighted by Gasteiger charge is -2.19. The summed E-state index contributed by atoms with van der Waals surface area (Å²) in [4.78, 5) is 34.1. The molecule has 158 valence electrons. The van der Waals surface area contributed by atoms with Gasteiger partial charge in [0.05, 0.1) is 4.90 Å². The number of esters is 1. The summed E-state index contributed by atoms with van der Waals surface area (Å²) < 4.78 is 31.9. The minimum absolute atomic E-state index is 0.205. The van der Waals surface area contributed by atoms with E-state index >= 15 is 0 Å². The third kappa shape index (κ3) is 6.68. The fraction of sp³-hybridized carbons (Fsp3) is 0.421. The third-order valence-corrected chi connectivity index (χ3v) is 6.32. The minimum atomic E-state index is -3.53. The van der Waals surface area contributed by atoms with Crippen LogP contribution in [0.3, 0.4) is 0 Å². The number of hydrogen-bond acceptors (Lipinski definition) is 6. The van der Waals surface area contributed by atoms with Gasteiger partial charge in [-0.05, 0) is 43.5 Å². The summed E-state index contributed by atoms with van der Waals surface area (Å²) in [6, 6.07) is 5.11. The highest BCUT2D eigenvalue weighted by atomic mass is 32.2. The Morgan fingerprint density at radius 3 is 2.24 bits per heavy atom. The molecule has 2 rings (SSSR count). The molecule has 0 spiro atoms. The zero-order valence-corrected chi connectivity index (χ0v) is 17.0. The quantitative estimate of drug-likeness (QED) is 0.524. The topological polar surface area (TPSA) is 136 Å². The summed E-state index contributed by atoms with van der Waals surface area (Å²) in [6.45, 7) is 2.35. The zero-order chi connectivity index (χ0) is 21.4. The molecule has 3 amide bonds. The number of carbonyl (C=O) groups excluding carboxylic acids is 3. The van der Waals surface area contributed by atoms with Crippen molar-refractivity contribution in [2.24, 2.45) is 5.73 Å². The van der Waals surface area contributed by atoms with Gasteiger partial charge in [-0.15, -0.1) is 0 Å². The van der Waals surface area contributed by atoms with Crippen LogP contribution < -0.4 is 11.1 Å². The normalized spacial score (nSPS) is 16.7. The molecule has 1 aromatic rings. The fourth-order valence-corrected chi connectivity index (χ4v) is 4.35. The zero-order valence-electron chi connectivity index (χ0n) is 16.2. The summed E-state index contributed by atoms with van der Waals surface area (Å²) in [6.07, 6.45) is 5.13. The third-order valence-electron chi connectivity index (χ3n) is 4.40. The van der Waals surface area contributed by atoms with Gasteiger partial charge in [0.2, 0.25) is 10.0 Å². The number of nitrogens with one attached hydrogen (secondary N) is 1. The maximum absolute atomic E-state index is 12.7. The molecule has 1 atom stereocenters. The number of sulfonamides is 1. The summed E-state index contributed by atoms with van der Waals surface area (Å²) in [5.74, 6) is -1.62. The van der Waals surface area contributed by atoms with Crippen molar-refractivity contribution in [2.45, 2.75) is 43.6 Å². The smallest absolute Gasteiger partial charge is 0.331 e. The maximum atomic E-state index is 12.7. The maximum Gasteiger partial charge on any atom is 0.331 e. The Bertz CT molecular complexity index is 872. The first-order valence-electron chi connectivity index (χ1n) is 9.29. The van der Waals surface area contributed by atoms with Crippen molar-refractivity contribution in [3.05, 3.63) is 35.9 Å². The van der Waals surface area contributed by atoms with Gasteiger partial charge in [0.25, 0.3) is 5.91 Å². The summed E-state index contributed by atoms with van der Waals surface area (Å²) in [5.41, 5.74) is 5.41. The van der Waals surface area contributed by atoms with E-state index in [0.29, 0.717) is 18.7 Å². The van der Waals surface area contributed by atoms with Crippen LogP contribution in [0.2, 0.25) is 0 Å². The van der Waals surface area contributed by atoms with E-state index in [1.807, 2.05) is 5.32 Å². The number of nitrogens with two attached hydrogens (primary N) is 1. The molecule has 1 unspecified atom stereocenters. The van der Waals surface area contributed by atoms with Crippen molar-refractivity contribution in [1.82, 2.24) is 9.62 Å².